The Bertz CT molecular complexity index is 1560. The minimum Gasteiger partial charge on any atom is -0.367 e. The van der Waals surface area contributed by atoms with Crippen LogP contribution < -0.4 is 15.2 Å². The molecule has 218 valence electrons. The number of rotatable bonds is 6. The highest BCUT2D eigenvalue weighted by Crippen LogP contribution is 2.39. The van der Waals surface area contributed by atoms with E-state index >= 15 is 8.78 Å². The van der Waals surface area contributed by atoms with Gasteiger partial charge in [0, 0.05) is 63.6 Å². The van der Waals surface area contributed by atoms with Gasteiger partial charge in [0.15, 0.2) is 17.5 Å². The summed E-state index contributed by atoms with van der Waals surface area (Å²) in [6.45, 7) is 5.53. The van der Waals surface area contributed by atoms with Crippen molar-refractivity contribution in [1.82, 2.24) is 19.8 Å². The minimum atomic E-state index is -0.583. The normalized spacial score (nSPS) is 20.6. The first kappa shape index (κ1) is 27.2. The number of hydrogen-bond acceptors (Lipinski definition) is 9. The topological polar surface area (TPSA) is 63.1 Å². The molecule has 0 bridgehead atoms. The van der Waals surface area contributed by atoms with Crippen LogP contribution in [0, 0.1) is 11.6 Å². The van der Waals surface area contributed by atoms with Crippen LogP contribution in [0.15, 0.2) is 59.0 Å². The van der Waals surface area contributed by atoms with E-state index in [9.17, 15) is 0 Å². The standard InChI is InChI=1S/C31H34F2N8S/c1-38-14-16-39(17-15-38)23-8-12-40(13-9-23)28-24(32)19-22(20-25(28)33)35-31-36-26-10-18-42-29(26)30(37-31)41-27(7-11-34-41)21-5-3-2-4-6-21/h2-6,10-11,18-20,23,27H,7-9,12-17H2,1H3,(H,35,36,37). The first-order valence-corrected chi connectivity index (χ1v) is 15.5. The lowest BCUT2D eigenvalue weighted by atomic mass is 10.0. The highest BCUT2D eigenvalue weighted by atomic mass is 32.1. The smallest absolute Gasteiger partial charge is 0.229 e. The van der Waals surface area contributed by atoms with Crippen LogP contribution in [0.25, 0.3) is 10.2 Å². The van der Waals surface area contributed by atoms with Gasteiger partial charge in [-0.2, -0.15) is 10.1 Å². The zero-order chi connectivity index (χ0) is 28.6. The number of hydrogen-bond donors (Lipinski definition) is 1. The van der Waals surface area contributed by atoms with Gasteiger partial charge in [-0.15, -0.1) is 11.3 Å². The van der Waals surface area contributed by atoms with Crippen molar-refractivity contribution in [2.24, 2.45) is 5.10 Å². The molecule has 2 saturated heterocycles. The van der Waals surface area contributed by atoms with E-state index in [1.54, 1.807) is 11.3 Å². The maximum absolute atomic E-state index is 15.5. The number of thiophene rings is 1. The van der Waals surface area contributed by atoms with Crippen molar-refractivity contribution < 1.29 is 8.78 Å². The van der Waals surface area contributed by atoms with Crippen molar-refractivity contribution >= 4 is 50.9 Å². The first-order valence-electron chi connectivity index (χ1n) is 14.6. The molecule has 5 heterocycles. The van der Waals surface area contributed by atoms with Gasteiger partial charge in [0.2, 0.25) is 5.95 Å². The van der Waals surface area contributed by atoms with Crippen molar-refractivity contribution in [3.8, 4) is 0 Å². The Labute approximate surface area is 248 Å². The summed E-state index contributed by atoms with van der Waals surface area (Å²) >= 11 is 1.55. The second-order valence-corrected chi connectivity index (χ2v) is 12.2. The fourth-order valence-electron chi connectivity index (χ4n) is 6.34. The van der Waals surface area contributed by atoms with E-state index in [4.69, 9.17) is 4.98 Å². The lowest BCUT2D eigenvalue weighted by Gasteiger charge is -2.42. The summed E-state index contributed by atoms with van der Waals surface area (Å²) in [7, 11) is 2.15. The van der Waals surface area contributed by atoms with E-state index in [0.717, 1.165) is 61.2 Å². The van der Waals surface area contributed by atoms with Crippen molar-refractivity contribution in [3.63, 3.8) is 0 Å². The monoisotopic (exact) mass is 588 g/mol. The van der Waals surface area contributed by atoms with Crippen LogP contribution in [0.3, 0.4) is 0 Å². The Morgan fingerprint density at radius 2 is 1.64 bits per heavy atom. The molecule has 2 fully saturated rings. The summed E-state index contributed by atoms with van der Waals surface area (Å²) in [5.74, 6) is -0.230. The van der Waals surface area contributed by atoms with Crippen LogP contribution in [0.2, 0.25) is 0 Å². The fraction of sp³-hybridized carbons (Fsp3) is 0.387. The van der Waals surface area contributed by atoms with Crippen molar-refractivity contribution in [1.29, 1.82) is 0 Å². The molecule has 0 radical (unpaired) electrons. The van der Waals surface area contributed by atoms with E-state index in [1.807, 2.05) is 45.8 Å². The Hall–Kier alpha value is -3.67. The number of nitrogens with one attached hydrogen (secondary N) is 1. The molecule has 1 N–H and O–H groups in total. The summed E-state index contributed by atoms with van der Waals surface area (Å²) in [5.41, 5.74) is 2.21. The van der Waals surface area contributed by atoms with Crippen molar-refractivity contribution in [2.45, 2.75) is 31.3 Å². The fourth-order valence-corrected chi connectivity index (χ4v) is 7.15. The maximum Gasteiger partial charge on any atom is 0.229 e. The molecule has 0 amide bonds. The van der Waals surface area contributed by atoms with Gasteiger partial charge in [0.25, 0.3) is 0 Å². The second-order valence-electron chi connectivity index (χ2n) is 11.3. The summed E-state index contributed by atoms with van der Waals surface area (Å²) in [4.78, 5) is 16.2. The van der Waals surface area contributed by atoms with E-state index in [1.165, 1.54) is 12.1 Å². The molecule has 8 nitrogen and oxygen atoms in total. The summed E-state index contributed by atoms with van der Waals surface area (Å²) in [6, 6.07) is 15.3. The Balaban J connectivity index is 1.10. The Morgan fingerprint density at radius 3 is 2.38 bits per heavy atom. The largest absolute Gasteiger partial charge is 0.367 e. The Morgan fingerprint density at radius 1 is 0.905 bits per heavy atom. The highest BCUT2D eigenvalue weighted by molar-refractivity contribution is 7.17. The average Bonchev–Trinajstić information content (AvgIpc) is 3.68. The third-order valence-electron chi connectivity index (χ3n) is 8.62. The maximum atomic E-state index is 15.5. The number of halogens is 2. The number of piperazine rings is 1. The van der Waals surface area contributed by atoms with Gasteiger partial charge in [-0.05, 0) is 49.0 Å². The molecule has 3 aliphatic rings. The molecule has 7 rings (SSSR count). The predicted octanol–water partition coefficient (Wildman–Crippen LogP) is 5.87. The highest BCUT2D eigenvalue weighted by Gasteiger charge is 2.30. The van der Waals surface area contributed by atoms with Crippen molar-refractivity contribution in [3.05, 3.63) is 71.1 Å². The van der Waals surface area contributed by atoms with Crippen LogP contribution >= 0.6 is 11.3 Å². The number of likely N-dealkylation sites (N-methyl/N-ethyl adjacent to an activating group) is 1. The third-order valence-corrected chi connectivity index (χ3v) is 9.52. The average molecular weight is 589 g/mol. The molecule has 1 unspecified atom stereocenters. The Kier molecular flexibility index (Phi) is 7.47. The molecule has 4 aromatic rings. The third kappa shape index (κ3) is 5.32. The SMILES string of the molecule is CN1CCN(C2CCN(c3c(F)cc(Nc4nc(N5N=CCC5c5ccccc5)c5sccc5n4)cc3F)CC2)CC1. The van der Waals surface area contributed by atoms with Gasteiger partial charge in [-0.3, -0.25) is 4.90 Å². The number of nitrogens with zero attached hydrogens (tertiary/aromatic N) is 7. The molecule has 11 heteroatoms. The molecule has 0 spiro atoms. The first-order chi connectivity index (χ1) is 20.5. The summed E-state index contributed by atoms with van der Waals surface area (Å²) < 4.78 is 31.8. The number of hydrazone groups is 1. The van der Waals surface area contributed by atoms with Crippen LogP contribution in [-0.2, 0) is 0 Å². The molecular weight excluding hydrogens is 554 g/mol. The quantitative estimate of drug-likeness (QED) is 0.303. The lowest BCUT2D eigenvalue weighted by Crippen LogP contribution is -2.52. The molecule has 2 aromatic heterocycles. The van der Waals surface area contributed by atoms with Gasteiger partial charge in [0.05, 0.1) is 16.3 Å². The minimum absolute atomic E-state index is 0.00816. The number of fused-ring (bicyclic) bond motifs is 1. The van der Waals surface area contributed by atoms with Crippen LogP contribution in [-0.4, -0.2) is 78.3 Å². The molecule has 2 aromatic carbocycles. The zero-order valence-electron chi connectivity index (χ0n) is 23.6. The predicted molar refractivity (Wildman–Crippen MR) is 166 cm³/mol. The van der Waals surface area contributed by atoms with Crippen molar-refractivity contribution in [2.75, 3.05) is 61.5 Å². The molecular formula is C31H34F2N8S. The van der Waals surface area contributed by atoms with Gasteiger partial charge in [-0.25, -0.2) is 18.8 Å². The molecule has 0 saturated carbocycles. The van der Waals surface area contributed by atoms with Crippen LogP contribution in [0.1, 0.15) is 30.9 Å². The molecule has 3 aliphatic heterocycles. The number of aromatic nitrogens is 2. The van der Waals surface area contributed by atoms with E-state index < -0.39 is 11.6 Å². The van der Waals surface area contributed by atoms with Crippen LogP contribution in [0.4, 0.5) is 31.9 Å². The number of piperidine rings is 1. The van der Waals surface area contributed by atoms with Crippen LogP contribution in [0.5, 0.6) is 0 Å². The van der Waals surface area contributed by atoms with Gasteiger partial charge >= 0.3 is 0 Å². The number of anilines is 4. The zero-order valence-corrected chi connectivity index (χ0v) is 24.4. The summed E-state index contributed by atoms with van der Waals surface area (Å²) in [5, 5.41) is 11.6. The van der Waals surface area contributed by atoms with Gasteiger partial charge in [0.1, 0.15) is 5.69 Å². The molecule has 42 heavy (non-hydrogen) atoms. The van der Waals surface area contributed by atoms with E-state index in [2.05, 4.69) is 44.4 Å². The van der Waals surface area contributed by atoms with Gasteiger partial charge < -0.3 is 15.1 Å². The number of benzene rings is 2. The lowest BCUT2D eigenvalue weighted by molar-refractivity contribution is 0.0980. The van der Waals surface area contributed by atoms with E-state index in [0.29, 0.717) is 24.9 Å². The molecule has 0 aliphatic carbocycles. The van der Waals surface area contributed by atoms with Gasteiger partial charge in [-0.1, -0.05) is 30.3 Å². The summed E-state index contributed by atoms with van der Waals surface area (Å²) in [6.07, 6.45) is 4.46. The second kappa shape index (κ2) is 11.5. The molecule has 1 atom stereocenters. The van der Waals surface area contributed by atoms with E-state index in [-0.39, 0.29) is 23.4 Å².